The van der Waals surface area contributed by atoms with Crippen molar-refractivity contribution in [2.75, 3.05) is 19.6 Å². The first kappa shape index (κ1) is 26.7. The van der Waals surface area contributed by atoms with Crippen molar-refractivity contribution < 1.29 is 30.6 Å². The number of nitrogens with zero attached hydrogens (tertiary/aromatic N) is 2. The van der Waals surface area contributed by atoms with E-state index in [0.29, 0.717) is 25.1 Å². The topological polar surface area (TPSA) is 104 Å². The van der Waals surface area contributed by atoms with Crippen LogP contribution in [0.1, 0.15) is 40.0 Å². The lowest BCUT2D eigenvalue weighted by atomic mass is 9.99. The van der Waals surface area contributed by atoms with Crippen LogP contribution < -0.4 is 9.50 Å². The van der Waals surface area contributed by atoms with Crippen molar-refractivity contribution in [3.8, 4) is 16.9 Å². The Kier molecular flexibility index (Phi) is 7.88. The second kappa shape index (κ2) is 10.9. The first-order chi connectivity index (χ1) is 17.5. The van der Waals surface area contributed by atoms with Gasteiger partial charge in [-0.1, -0.05) is 18.2 Å². The predicted octanol–water partition coefficient (Wildman–Crippen LogP) is 4.18. The van der Waals surface area contributed by atoms with Gasteiger partial charge in [-0.2, -0.15) is 26.7 Å². The Morgan fingerprint density at radius 3 is 2.57 bits per heavy atom. The zero-order valence-corrected chi connectivity index (χ0v) is 21.0. The maximum absolute atomic E-state index is 12.6. The second-order valence-electron chi connectivity index (χ2n) is 8.86. The van der Waals surface area contributed by atoms with E-state index < -0.39 is 15.6 Å². The fourth-order valence-electron chi connectivity index (χ4n) is 4.22. The van der Waals surface area contributed by atoms with Crippen molar-refractivity contribution in [2.24, 2.45) is 0 Å². The molecule has 8 nitrogen and oxygen atoms in total. The number of nitrogens with one attached hydrogen (secondary N) is 2. The molecule has 0 fully saturated rings. The van der Waals surface area contributed by atoms with Crippen molar-refractivity contribution in [3.05, 3.63) is 71.0 Å². The van der Waals surface area contributed by atoms with E-state index in [1.807, 2.05) is 25.3 Å². The Labute approximate surface area is 213 Å². The number of H-pyrrole nitrogens is 1. The Morgan fingerprint density at radius 1 is 1.14 bits per heavy atom. The average molecular weight is 537 g/mol. The summed E-state index contributed by atoms with van der Waals surface area (Å²) in [7, 11) is -5.70. The molecule has 198 valence electrons. The van der Waals surface area contributed by atoms with Crippen molar-refractivity contribution >= 4 is 16.0 Å². The van der Waals surface area contributed by atoms with Crippen LogP contribution in [0.2, 0.25) is 0 Å². The third-order valence-corrected chi connectivity index (χ3v) is 7.21. The smallest absolute Gasteiger partial charge is 0.376 e. The number of carbonyl (C=O) groups is 1. The molecule has 3 aromatic rings. The molecular formula is C25H27F3N4O4S. The third kappa shape index (κ3) is 6.50. The van der Waals surface area contributed by atoms with Crippen LogP contribution in [-0.4, -0.2) is 54.6 Å². The first-order valence-electron chi connectivity index (χ1n) is 11.8. The molecule has 0 saturated heterocycles. The molecule has 0 bridgehead atoms. The highest BCUT2D eigenvalue weighted by atomic mass is 32.2. The number of alkyl halides is 3. The summed E-state index contributed by atoms with van der Waals surface area (Å²) in [5.41, 5.74) is -0.361. The van der Waals surface area contributed by atoms with Crippen LogP contribution >= 0.6 is 0 Å². The van der Waals surface area contributed by atoms with Crippen LogP contribution in [0.25, 0.3) is 11.1 Å². The number of halogens is 3. The zero-order valence-electron chi connectivity index (χ0n) is 20.1. The van der Waals surface area contributed by atoms with Crippen molar-refractivity contribution in [2.45, 2.75) is 38.2 Å². The number of aryl methyl sites for hydroxylation is 1. The molecule has 37 heavy (non-hydrogen) atoms. The summed E-state index contributed by atoms with van der Waals surface area (Å²) < 4.78 is 64.6. The van der Waals surface area contributed by atoms with Gasteiger partial charge in [-0.3, -0.25) is 14.8 Å². The van der Waals surface area contributed by atoms with E-state index in [4.69, 9.17) is 0 Å². The fourth-order valence-corrected chi connectivity index (χ4v) is 4.68. The molecule has 1 amide bonds. The van der Waals surface area contributed by atoms with E-state index >= 15 is 0 Å². The monoisotopic (exact) mass is 536 g/mol. The van der Waals surface area contributed by atoms with Crippen LogP contribution in [0.3, 0.4) is 0 Å². The molecule has 1 aliphatic rings. The predicted molar refractivity (Wildman–Crippen MR) is 131 cm³/mol. The average Bonchev–Trinajstić information content (AvgIpc) is 3.28. The van der Waals surface area contributed by atoms with Crippen LogP contribution in [0.15, 0.2) is 48.7 Å². The van der Waals surface area contributed by atoms with Gasteiger partial charge in [0.25, 0.3) is 5.91 Å². The highest BCUT2D eigenvalue weighted by Crippen LogP contribution is 2.30. The number of carbonyl (C=O) groups excluding carboxylic acids is 1. The van der Waals surface area contributed by atoms with E-state index in [2.05, 4.69) is 24.6 Å². The van der Waals surface area contributed by atoms with Gasteiger partial charge in [0.1, 0.15) is 5.75 Å². The lowest BCUT2D eigenvalue weighted by Crippen LogP contribution is -2.32. The summed E-state index contributed by atoms with van der Waals surface area (Å²) in [4.78, 5) is 14.6. The lowest BCUT2D eigenvalue weighted by molar-refractivity contribution is -0.0500. The molecule has 1 aliphatic heterocycles. The minimum absolute atomic E-state index is 0.149. The molecule has 0 unspecified atom stereocenters. The van der Waals surface area contributed by atoms with Gasteiger partial charge in [-0.25, -0.2) is 0 Å². The number of benzene rings is 2. The Balaban J connectivity index is 1.21. The number of rotatable bonds is 9. The summed E-state index contributed by atoms with van der Waals surface area (Å²) in [6.45, 7) is 4.42. The van der Waals surface area contributed by atoms with Gasteiger partial charge in [0, 0.05) is 37.0 Å². The Hall–Kier alpha value is -3.38. The van der Waals surface area contributed by atoms with E-state index in [-0.39, 0.29) is 11.7 Å². The molecule has 1 aromatic heterocycles. The number of hydrogen-bond donors (Lipinski definition) is 2. The summed E-state index contributed by atoms with van der Waals surface area (Å²) in [5, 5.41) is 9.84. The highest BCUT2D eigenvalue weighted by Gasteiger charge is 2.48. The van der Waals surface area contributed by atoms with Crippen LogP contribution in [-0.2, 0) is 23.1 Å². The van der Waals surface area contributed by atoms with Crippen molar-refractivity contribution in [3.63, 3.8) is 0 Å². The van der Waals surface area contributed by atoms with Gasteiger partial charge in [0.2, 0.25) is 0 Å². The van der Waals surface area contributed by atoms with Crippen LogP contribution in [0.5, 0.6) is 5.75 Å². The minimum atomic E-state index is -5.70. The molecule has 4 rings (SSSR count). The summed E-state index contributed by atoms with van der Waals surface area (Å²) in [5.74, 6) is -0.503. The van der Waals surface area contributed by atoms with E-state index in [1.165, 1.54) is 12.1 Å². The maximum Gasteiger partial charge on any atom is 0.534 e. The van der Waals surface area contributed by atoms with E-state index in [1.54, 1.807) is 18.2 Å². The molecule has 2 N–H and O–H groups in total. The SMILES string of the molecule is Cc1n[nH]cc1-c1ccc(C(=O)NCCCCN2CCc3ccc(OS(=O)(=O)C(F)(F)F)cc3C2)cc1. The largest absolute Gasteiger partial charge is 0.534 e. The second-order valence-corrected chi connectivity index (χ2v) is 10.4. The lowest BCUT2D eigenvalue weighted by Gasteiger charge is -2.29. The highest BCUT2D eigenvalue weighted by molar-refractivity contribution is 7.88. The molecule has 2 aromatic carbocycles. The number of hydrogen-bond acceptors (Lipinski definition) is 6. The molecular weight excluding hydrogens is 509 g/mol. The zero-order chi connectivity index (χ0) is 26.6. The van der Waals surface area contributed by atoms with Crippen LogP contribution in [0.4, 0.5) is 13.2 Å². The Morgan fingerprint density at radius 2 is 1.89 bits per heavy atom. The molecule has 0 radical (unpaired) electrons. The molecule has 0 aliphatic carbocycles. The molecule has 0 saturated carbocycles. The minimum Gasteiger partial charge on any atom is -0.376 e. The quantitative estimate of drug-likeness (QED) is 0.242. The third-order valence-electron chi connectivity index (χ3n) is 6.23. The van der Waals surface area contributed by atoms with Crippen molar-refractivity contribution in [1.82, 2.24) is 20.4 Å². The number of fused-ring (bicyclic) bond motifs is 1. The number of aromatic nitrogens is 2. The van der Waals surface area contributed by atoms with E-state index in [0.717, 1.165) is 53.9 Å². The Bertz CT molecular complexity index is 1360. The van der Waals surface area contributed by atoms with Crippen molar-refractivity contribution in [1.29, 1.82) is 0 Å². The van der Waals surface area contributed by atoms with Gasteiger partial charge in [0.15, 0.2) is 0 Å². The van der Waals surface area contributed by atoms with E-state index in [9.17, 15) is 26.4 Å². The molecule has 0 atom stereocenters. The maximum atomic E-state index is 12.6. The summed E-state index contributed by atoms with van der Waals surface area (Å²) in [6.07, 6.45) is 4.09. The van der Waals surface area contributed by atoms with Gasteiger partial charge in [-0.05, 0) is 73.7 Å². The molecule has 2 heterocycles. The number of aromatic amines is 1. The number of amides is 1. The molecule has 12 heteroatoms. The fraction of sp³-hybridized carbons (Fsp3) is 0.360. The van der Waals surface area contributed by atoms with Gasteiger partial charge in [0.05, 0.1) is 5.69 Å². The summed E-state index contributed by atoms with van der Waals surface area (Å²) >= 11 is 0. The van der Waals surface area contributed by atoms with Gasteiger partial charge < -0.3 is 9.50 Å². The number of unbranched alkanes of at least 4 members (excludes halogenated alkanes) is 1. The van der Waals surface area contributed by atoms with Gasteiger partial charge in [-0.15, -0.1) is 0 Å². The standard InChI is InChI=1S/C25H27F3N4O4S/c1-17-23(15-30-31-17)19-4-6-20(7-5-19)24(33)29-11-2-3-12-32-13-10-18-8-9-22(14-21(18)16-32)36-37(34,35)25(26,27)28/h4-9,14-15H,2-3,10-13,16H2,1H3,(H,29,33)(H,30,31). The summed E-state index contributed by atoms with van der Waals surface area (Å²) in [6, 6.07) is 11.5. The molecule has 0 spiro atoms. The van der Waals surface area contributed by atoms with Crippen LogP contribution in [0, 0.1) is 6.92 Å². The normalized spacial score (nSPS) is 14.3. The first-order valence-corrected chi connectivity index (χ1v) is 13.2. The van der Waals surface area contributed by atoms with Gasteiger partial charge >= 0.3 is 15.6 Å².